The number of nitrogens with one attached hydrogen (secondary N) is 2. The molecular weight excluding hydrogens is 212 g/mol. The fourth-order valence-electron chi connectivity index (χ4n) is 1.71. The number of carbonyl (C=O) groups is 1. The Kier molecular flexibility index (Phi) is 5.70. The Bertz CT molecular complexity index is 374. The van der Waals surface area contributed by atoms with Crippen LogP contribution in [0.5, 0.6) is 0 Å². The van der Waals surface area contributed by atoms with Crippen LogP contribution >= 0.6 is 0 Å². The lowest BCUT2D eigenvalue weighted by Crippen LogP contribution is -2.34. The van der Waals surface area contributed by atoms with Gasteiger partial charge in [-0.15, -0.1) is 0 Å². The molecule has 3 heteroatoms. The highest BCUT2D eigenvalue weighted by Gasteiger charge is 2.01. The van der Waals surface area contributed by atoms with Crippen LogP contribution in [-0.2, 0) is 11.2 Å². The summed E-state index contributed by atoms with van der Waals surface area (Å²) in [5.41, 5.74) is 3.87. The molecule has 0 radical (unpaired) electrons. The molecular formula is C14H22N2O. The second-order valence-electron chi connectivity index (χ2n) is 4.31. The van der Waals surface area contributed by atoms with E-state index in [-0.39, 0.29) is 5.91 Å². The summed E-state index contributed by atoms with van der Waals surface area (Å²) in [5, 5.41) is 5.92. The van der Waals surface area contributed by atoms with E-state index in [0.29, 0.717) is 13.1 Å². The zero-order chi connectivity index (χ0) is 12.7. The molecule has 17 heavy (non-hydrogen) atoms. The van der Waals surface area contributed by atoms with Gasteiger partial charge in [0.2, 0.25) is 5.91 Å². The molecule has 0 unspecified atom stereocenters. The van der Waals surface area contributed by atoms with E-state index in [1.165, 1.54) is 16.7 Å². The van der Waals surface area contributed by atoms with Crippen molar-refractivity contribution in [1.29, 1.82) is 0 Å². The molecule has 1 aromatic rings. The number of rotatable bonds is 6. The van der Waals surface area contributed by atoms with Crippen LogP contribution in [0, 0.1) is 13.8 Å². The smallest absolute Gasteiger partial charge is 0.233 e. The van der Waals surface area contributed by atoms with Gasteiger partial charge < -0.3 is 10.6 Å². The SMILES string of the molecule is CCNCC(=O)NCCc1cc(C)ccc1C. The van der Waals surface area contributed by atoms with Crippen LogP contribution in [0.4, 0.5) is 0 Å². The summed E-state index contributed by atoms with van der Waals surface area (Å²) in [6.07, 6.45) is 0.894. The lowest BCUT2D eigenvalue weighted by Gasteiger charge is -2.08. The van der Waals surface area contributed by atoms with Gasteiger partial charge in [-0.05, 0) is 37.9 Å². The molecule has 0 aliphatic rings. The Balaban J connectivity index is 2.35. The van der Waals surface area contributed by atoms with Gasteiger partial charge in [0.1, 0.15) is 0 Å². The average Bonchev–Trinajstić information content (AvgIpc) is 2.31. The highest BCUT2D eigenvalue weighted by atomic mass is 16.1. The van der Waals surface area contributed by atoms with Gasteiger partial charge in [-0.25, -0.2) is 0 Å². The van der Waals surface area contributed by atoms with Crippen molar-refractivity contribution < 1.29 is 4.79 Å². The van der Waals surface area contributed by atoms with Gasteiger partial charge in [-0.1, -0.05) is 30.7 Å². The summed E-state index contributed by atoms with van der Waals surface area (Å²) in [4.78, 5) is 11.4. The molecule has 0 fully saturated rings. The van der Waals surface area contributed by atoms with Gasteiger partial charge in [0, 0.05) is 6.54 Å². The number of hydrogen-bond donors (Lipinski definition) is 2. The van der Waals surface area contributed by atoms with Crippen LogP contribution in [0.1, 0.15) is 23.6 Å². The minimum atomic E-state index is 0.0668. The van der Waals surface area contributed by atoms with Crippen LogP contribution < -0.4 is 10.6 Å². The Morgan fingerprint density at radius 3 is 2.76 bits per heavy atom. The van der Waals surface area contributed by atoms with Crippen molar-refractivity contribution >= 4 is 5.91 Å². The zero-order valence-corrected chi connectivity index (χ0v) is 11.0. The Morgan fingerprint density at radius 2 is 2.06 bits per heavy atom. The van der Waals surface area contributed by atoms with E-state index in [0.717, 1.165) is 13.0 Å². The van der Waals surface area contributed by atoms with Gasteiger partial charge in [-0.2, -0.15) is 0 Å². The Hall–Kier alpha value is -1.35. The topological polar surface area (TPSA) is 41.1 Å². The molecule has 0 saturated carbocycles. The molecule has 0 heterocycles. The van der Waals surface area contributed by atoms with Gasteiger partial charge in [0.15, 0.2) is 0 Å². The molecule has 0 aliphatic heterocycles. The molecule has 0 atom stereocenters. The third-order valence-electron chi connectivity index (χ3n) is 2.76. The summed E-state index contributed by atoms with van der Waals surface area (Å²) < 4.78 is 0. The number of aryl methyl sites for hydroxylation is 2. The minimum Gasteiger partial charge on any atom is -0.355 e. The van der Waals surface area contributed by atoms with Gasteiger partial charge >= 0.3 is 0 Å². The Morgan fingerprint density at radius 1 is 1.29 bits per heavy atom. The molecule has 0 aliphatic carbocycles. The van der Waals surface area contributed by atoms with Crippen molar-refractivity contribution in [2.24, 2.45) is 0 Å². The maximum absolute atomic E-state index is 11.4. The Labute approximate surface area is 104 Å². The predicted molar refractivity (Wildman–Crippen MR) is 71.2 cm³/mol. The van der Waals surface area contributed by atoms with E-state index in [4.69, 9.17) is 0 Å². The van der Waals surface area contributed by atoms with E-state index in [1.54, 1.807) is 0 Å². The maximum atomic E-state index is 11.4. The largest absolute Gasteiger partial charge is 0.355 e. The monoisotopic (exact) mass is 234 g/mol. The quantitative estimate of drug-likeness (QED) is 0.784. The third kappa shape index (κ3) is 5.00. The molecule has 1 rings (SSSR count). The highest BCUT2D eigenvalue weighted by Crippen LogP contribution is 2.10. The average molecular weight is 234 g/mol. The third-order valence-corrected chi connectivity index (χ3v) is 2.76. The number of carbonyl (C=O) groups excluding carboxylic acids is 1. The first-order valence-corrected chi connectivity index (χ1v) is 6.17. The zero-order valence-electron chi connectivity index (χ0n) is 11.0. The molecule has 1 aromatic carbocycles. The fraction of sp³-hybridized carbons (Fsp3) is 0.500. The predicted octanol–water partition coefficient (Wildman–Crippen LogP) is 1.57. The van der Waals surface area contributed by atoms with E-state index in [9.17, 15) is 4.79 Å². The van der Waals surface area contributed by atoms with Crippen molar-refractivity contribution in [2.75, 3.05) is 19.6 Å². The first kappa shape index (κ1) is 13.7. The van der Waals surface area contributed by atoms with Crippen LogP contribution in [0.2, 0.25) is 0 Å². The van der Waals surface area contributed by atoms with Gasteiger partial charge in [-0.3, -0.25) is 4.79 Å². The molecule has 0 bridgehead atoms. The fourth-order valence-corrected chi connectivity index (χ4v) is 1.71. The molecule has 2 N–H and O–H groups in total. The van der Waals surface area contributed by atoms with E-state index in [1.807, 2.05) is 6.92 Å². The number of likely N-dealkylation sites (N-methyl/N-ethyl adjacent to an activating group) is 1. The van der Waals surface area contributed by atoms with E-state index >= 15 is 0 Å². The molecule has 0 aromatic heterocycles. The summed E-state index contributed by atoms with van der Waals surface area (Å²) in [5.74, 6) is 0.0668. The number of amides is 1. The number of hydrogen-bond acceptors (Lipinski definition) is 2. The van der Waals surface area contributed by atoms with Crippen molar-refractivity contribution in [3.05, 3.63) is 34.9 Å². The van der Waals surface area contributed by atoms with Crippen LogP contribution in [0.3, 0.4) is 0 Å². The summed E-state index contributed by atoms with van der Waals surface area (Å²) in [6.45, 7) is 8.12. The summed E-state index contributed by atoms with van der Waals surface area (Å²) >= 11 is 0. The van der Waals surface area contributed by atoms with Gasteiger partial charge in [0.05, 0.1) is 6.54 Å². The van der Waals surface area contributed by atoms with E-state index in [2.05, 4.69) is 42.7 Å². The lowest BCUT2D eigenvalue weighted by molar-refractivity contribution is -0.120. The summed E-state index contributed by atoms with van der Waals surface area (Å²) in [7, 11) is 0. The van der Waals surface area contributed by atoms with Crippen molar-refractivity contribution in [3.63, 3.8) is 0 Å². The van der Waals surface area contributed by atoms with Crippen LogP contribution in [0.15, 0.2) is 18.2 Å². The molecule has 3 nitrogen and oxygen atoms in total. The lowest BCUT2D eigenvalue weighted by atomic mass is 10.0. The second-order valence-corrected chi connectivity index (χ2v) is 4.31. The minimum absolute atomic E-state index is 0.0668. The second kappa shape index (κ2) is 7.07. The molecule has 1 amide bonds. The van der Waals surface area contributed by atoms with Crippen LogP contribution in [-0.4, -0.2) is 25.5 Å². The van der Waals surface area contributed by atoms with Crippen LogP contribution in [0.25, 0.3) is 0 Å². The van der Waals surface area contributed by atoms with Crippen molar-refractivity contribution in [3.8, 4) is 0 Å². The molecule has 0 spiro atoms. The molecule has 94 valence electrons. The highest BCUT2D eigenvalue weighted by molar-refractivity contribution is 5.77. The van der Waals surface area contributed by atoms with E-state index < -0.39 is 0 Å². The number of benzene rings is 1. The first-order valence-electron chi connectivity index (χ1n) is 6.17. The van der Waals surface area contributed by atoms with Crippen molar-refractivity contribution in [2.45, 2.75) is 27.2 Å². The summed E-state index contributed by atoms with van der Waals surface area (Å²) in [6, 6.07) is 6.43. The molecule has 0 saturated heterocycles. The first-order chi connectivity index (χ1) is 8.13. The standard InChI is InChI=1S/C14H22N2O/c1-4-15-10-14(17)16-8-7-13-9-11(2)5-6-12(13)3/h5-6,9,15H,4,7-8,10H2,1-3H3,(H,16,17). The van der Waals surface area contributed by atoms with Crippen molar-refractivity contribution in [1.82, 2.24) is 10.6 Å². The van der Waals surface area contributed by atoms with Gasteiger partial charge in [0.25, 0.3) is 0 Å². The maximum Gasteiger partial charge on any atom is 0.233 e. The normalized spacial score (nSPS) is 10.3.